The van der Waals surface area contributed by atoms with Crippen LogP contribution in [0, 0.1) is 5.82 Å². The normalized spacial score (nSPS) is 25.5. The fourth-order valence-corrected chi connectivity index (χ4v) is 3.34. The third-order valence-corrected chi connectivity index (χ3v) is 4.50. The van der Waals surface area contributed by atoms with Crippen LogP contribution >= 0.6 is 12.4 Å². The predicted molar refractivity (Wildman–Crippen MR) is 98.6 cm³/mol. The third-order valence-electron chi connectivity index (χ3n) is 4.50. The van der Waals surface area contributed by atoms with Crippen LogP contribution < -0.4 is 16.5 Å². The van der Waals surface area contributed by atoms with Crippen LogP contribution in [-0.4, -0.2) is 29.5 Å². The lowest BCUT2D eigenvalue weighted by molar-refractivity contribution is 0.0996. The Morgan fingerprint density at radius 2 is 2.20 bits per heavy atom. The molecule has 7 heteroatoms. The minimum atomic E-state index is -0.552. The Labute approximate surface area is 153 Å². The quantitative estimate of drug-likeness (QED) is 0.765. The summed E-state index contributed by atoms with van der Waals surface area (Å²) in [6.45, 7) is 3.12. The molecule has 2 heterocycles. The topological polar surface area (TPSA) is 70.4 Å². The second-order valence-corrected chi connectivity index (χ2v) is 6.38. The second-order valence-electron chi connectivity index (χ2n) is 6.38. The zero-order chi connectivity index (χ0) is 17.1. The van der Waals surface area contributed by atoms with Crippen LogP contribution in [0.5, 0.6) is 0 Å². The van der Waals surface area contributed by atoms with Crippen molar-refractivity contribution in [2.75, 3.05) is 6.54 Å². The lowest BCUT2D eigenvalue weighted by Crippen LogP contribution is -2.50. The van der Waals surface area contributed by atoms with Gasteiger partial charge in [0.2, 0.25) is 5.91 Å². The van der Waals surface area contributed by atoms with Crippen molar-refractivity contribution in [3.05, 3.63) is 59.6 Å². The smallest absolute Gasteiger partial charge is 0.249 e. The van der Waals surface area contributed by atoms with Crippen LogP contribution in [0.15, 0.2) is 42.6 Å². The van der Waals surface area contributed by atoms with Crippen molar-refractivity contribution in [1.82, 2.24) is 15.8 Å². The van der Waals surface area contributed by atoms with E-state index in [1.165, 1.54) is 18.2 Å². The number of hydrazine groups is 1. The largest absolute Gasteiger partial charge is 0.366 e. The molecule has 4 N–H and O–H groups in total. The predicted octanol–water partition coefficient (Wildman–Crippen LogP) is 2.42. The Bertz CT molecular complexity index is 679. The number of rotatable bonds is 4. The van der Waals surface area contributed by atoms with Crippen LogP contribution in [0.1, 0.15) is 41.7 Å². The molecule has 3 rings (SSSR count). The van der Waals surface area contributed by atoms with Crippen LogP contribution in [0.25, 0.3) is 0 Å². The molecule has 0 radical (unpaired) electrons. The molecule has 2 aliphatic rings. The molecular formula is C18H24ClFN4O. The molecule has 5 nitrogen and oxygen atoms in total. The average Bonchev–Trinajstić information content (AvgIpc) is 2.55. The molecule has 2 aliphatic heterocycles. The van der Waals surface area contributed by atoms with Crippen molar-refractivity contribution in [3.63, 3.8) is 0 Å². The number of carbonyl (C=O) groups is 1. The molecule has 0 saturated carbocycles. The molecule has 136 valence electrons. The number of primary amides is 1. The standard InChI is InChI=1S/C18H23FN4O.ClH/c1-12-10-14(7-8-21-12)22-23-9-3-2-4-17(23)16-11-13(19)5-6-15(16)18(20)24;/h2-6,9,11-12,14,17,21-22H,7-8,10H2,1H3,(H2,20,24);1H. The highest BCUT2D eigenvalue weighted by Gasteiger charge is 2.26. The van der Waals surface area contributed by atoms with Gasteiger partial charge < -0.3 is 16.1 Å². The van der Waals surface area contributed by atoms with Crippen molar-refractivity contribution < 1.29 is 9.18 Å². The van der Waals surface area contributed by atoms with E-state index in [-0.39, 0.29) is 24.3 Å². The van der Waals surface area contributed by atoms with Gasteiger partial charge in [0.1, 0.15) is 5.82 Å². The molecule has 1 fully saturated rings. The van der Waals surface area contributed by atoms with Crippen LogP contribution in [0.2, 0.25) is 0 Å². The average molecular weight is 367 g/mol. The van der Waals surface area contributed by atoms with E-state index in [2.05, 4.69) is 17.7 Å². The number of benzene rings is 1. The number of carbonyl (C=O) groups excluding carboxylic acids is 1. The maximum absolute atomic E-state index is 13.8. The molecule has 3 unspecified atom stereocenters. The molecule has 1 amide bonds. The Morgan fingerprint density at radius 1 is 1.40 bits per heavy atom. The van der Waals surface area contributed by atoms with Crippen molar-refractivity contribution in [1.29, 1.82) is 0 Å². The monoisotopic (exact) mass is 366 g/mol. The van der Waals surface area contributed by atoms with E-state index >= 15 is 0 Å². The minimum Gasteiger partial charge on any atom is -0.366 e. The van der Waals surface area contributed by atoms with Gasteiger partial charge in [0.05, 0.1) is 6.04 Å². The van der Waals surface area contributed by atoms with Crippen molar-refractivity contribution in [2.45, 2.75) is 37.9 Å². The summed E-state index contributed by atoms with van der Waals surface area (Å²) in [5.74, 6) is -0.934. The maximum Gasteiger partial charge on any atom is 0.249 e. The van der Waals surface area contributed by atoms with Gasteiger partial charge in [0.15, 0.2) is 0 Å². The fraction of sp³-hybridized carbons (Fsp3) is 0.389. The van der Waals surface area contributed by atoms with Crippen molar-refractivity contribution >= 4 is 18.3 Å². The zero-order valence-corrected chi connectivity index (χ0v) is 14.9. The summed E-state index contributed by atoms with van der Waals surface area (Å²) >= 11 is 0. The van der Waals surface area contributed by atoms with Gasteiger partial charge in [-0.1, -0.05) is 12.2 Å². The first-order valence-corrected chi connectivity index (χ1v) is 8.26. The molecule has 1 saturated heterocycles. The number of nitrogens with two attached hydrogens (primary N) is 1. The van der Waals surface area contributed by atoms with Gasteiger partial charge in [0, 0.05) is 23.8 Å². The van der Waals surface area contributed by atoms with Gasteiger partial charge in [-0.15, -0.1) is 12.4 Å². The van der Waals surface area contributed by atoms with Crippen molar-refractivity contribution in [3.8, 4) is 0 Å². The first-order chi connectivity index (χ1) is 11.5. The summed E-state index contributed by atoms with van der Waals surface area (Å²) in [5, 5.41) is 5.36. The van der Waals surface area contributed by atoms with Crippen LogP contribution in [0.4, 0.5) is 4.39 Å². The van der Waals surface area contributed by atoms with E-state index in [1.807, 2.05) is 29.4 Å². The van der Waals surface area contributed by atoms with E-state index in [1.54, 1.807) is 0 Å². The summed E-state index contributed by atoms with van der Waals surface area (Å²) in [6.07, 6.45) is 9.66. The highest BCUT2D eigenvalue weighted by Crippen LogP contribution is 2.28. The van der Waals surface area contributed by atoms with Gasteiger partial charge in [0.25, 0.3) is 0 Å². The van der Waals surface area contributed by atoms with Crippen LogP contribution in [-0.2, 0) is 0 Å². The Hall–Kier alpha value is -1.89. The highest BCUT2D eigenvalue weighted by molar-refractivity contribution is 5.94. The Morgan fingerprint density at radius 3 is 2.92 bits per heavy atom. The molecule has 0 bridgehead atoms. The fourth-order valence-electron chi connectivity index (χ4n) is 3.34. The number of hydrogen-bond donors (Lipinski definition) is 3. The Kier molecular flexibility index (Phi) is 6.58. The lowest BCUT2D eigenvalue weighted by atomic mass is 9.97. The number of amides is 1. The number of nitrogens with zero attached hydrogens (tertiary/aromatic N) is 1. The molecule has 3 atom stereocenters. The maximum atomic E-state index is 13.8. The summed E-state index contributed by atoms with van der Waals surface area (Å²) in [6, 6.07) is 4.59. The Balaban J connectivity index is 0.00000225. The van der Waals surface area contributed by atoms with E-state index in [9.17, 15) is 9.18 Å². The molecule has 0 spiro atoms. The third kappa shape index (κ3) is 4.60. The van der Waals surface area contributed by atoms with Crippen molar-refractivity contribution in [2.24, 2.45) is 5.73 Å². The SMILES string of the molecule is CC1CC(NN2C=CC=CC2c2cc(F)ccc2C(N)=O)CCN1.Cl. The molecule has 1 aromatic rings. The van der Waals surface area contributed by atoms with Gasteiger partial charge in [-0.3, -0.25) is 4.79 Å². The number of piperidine rings is 1. The molecule has 1 aromatic carbocycles. The van der Waals surface area contributed by atoms with E-state index < -0.39 is 5.91 Å². The molecular weight excluding hydrogens is 343 g/mol. The minimum absolute atomic E-state index is 0. The van der Waals surface area contributed by atoms with E-state index in [0.717, 1.165) is 19.4 Å². The van der Waals surface area contributed by atoms with E-state index in [4.69, 9.17) is 5.73 Å². The van der Waals surface area contributed by atoms with Gasteiger partial charge in [-0.05, 0) is 56.1 Å². The van der Waals surface area contributed by atoms with Gasteiger partial charge >= 0.3 is 0 Å². The van der Waals surface area contributed by atoms with Gasteiger partial charge in [-0.2, -0.15) is 0 Å². The van der Waals surface area contributed by atoms with Crippen LogP contribution in [0.3, 0.4) is 0 Å². The zero-order valence-electron chi connectivity index (χ0n) is 14.1. The first-order valence-electron chi connectivity index (χ1n) is 8.26. The molecule has 0 aliphatic carbocycles. The summed E-state index contributed by atoms with van der Waals surface area (Å²) in [4.78, 5) is 11.7. The summed E-state index contributed by atoms with van der Waals surface area (Å²) in [5.41, 5.74) is 9.88. The second kappa shape index (κ2) is 8.47. The number of hydrogen-bond acceptors (Lipinski definition) is 4. The number of halogens is 2. The van der Waals surface area contributed by atoms with Gasteiger partial charge in [-0.25, -0.2) is 9.82 Å². The molecule has 0 aromatic heterocycles. The molecule has 25 heavy (non-hydrogen) atoms. The summed E-state index contributed by atoms with van der Waals surface area (Å²) in [7, 11) is 0. The number of nitrogens with one attached hydrogen (secondary N) is 2. The highest BCUT2D eigenvalue weighted by atomic mass is 35.5. The lowest BCUT2D eigenvalue weighted by Gasteiger charge is -2.38. The first kappa shape index (κ1) is 19.4. The number of allylic oxidation sites excluding steroid dienone is 2. The summed E-state index contributed by atoms with van der Waals surface area (Å²) < 4.78 is 13.8. The van der Waals surface area contributed by atoms with E-state index in [0.29, 0.717) is 23.2 Å².